The Balaban J connectivity index is 0.00000169. The van der Waals surface area contributed by atoms with Gasteiger partial charge in [0.1, 0.15) is 18.7 Å². The molecule has 1 atom stereocenters. The van der Waals surface area contributed by atoms with E-state index in [1.807, 2.05) is 27.7 Å². The van der Waals surface area contributed by atoms with Crippen LogP contribution in [-0.4, -0.2) is 58.9 Å². The number of ether oxygens (including phenoxy) is 2. The van der Waals surface area contributed by atoms with Gasteiger partial charge in [-0.25, -0.2) is 15.2 Å². The van der Waals surface area contributed by atoms with Gasteiger partial charge >= 0.3 is 0 Å². The SMILES string of the molecule is CC.CC.COCc1c(C(O)C=O)cc2n(c1=O)Cc1c-2nc2cc(F)c(C)cc2c1CN(N)/C=C(\N)COCNC(=O)CN. The van der Waals surface area contributed by atoms with Crippen molar-refractivity contribution in [3.63, 3.8) is 0 Å². The Morgan fingerprint density at radius 1 is 1.24 bits per heavy atom. The normalized spacial score (nSPS) is 12.3. The van der Waals surface area contributed by atoms with Crippen molar-refractivity contribution in [2.45, 2.75) is 60.4 Å². The number of aliphatic hydroxyl groups is 1. The van der Waals surface area contributed by atoms with Gasteiger partial charge in [0, 0.05) is 41.5 Å². The van der Waals surface area contributed by atoms with Crippen LogP contribution in [0.3, 0.4) is 0 Å². The molecular weight excluding hydrogens is 585 g/mol. The minimum atomic E-state index is -1.54. The van der Waals surface area contributed by atoms with Crippen molar-refractivity contribution < 1.29 is 28.6 Å². The summed E-state index contributed by atoms with van der Waals surface area (Å²) in [5, 5.41) is 14.8. The molecule has 246 valence electrons. The van der Waals surface area contributed by atoms with Crippen molar-refractivity contribution in [1.29, 1.82) is 0 Å². The van der Waals surface area contributed by atoms with E-state index in [4.69, 9.17) is 26.8 Å². The number of carbonyl (C=O) groups excluding carboxylic acids is 2. The van der Waals surface area contributed by atoms with Crippen LogP contribution in [0, 0.1) is 12.7 Å². The van der Waals surface area contributed by atoms with Gasteiger partial charge in [0.15, 0.2) is 6.29 Å². The quantitative estimate of drug-likeness (QED) is 0.0503. The lowest BCUT2D eigenvalue weighted by Gasteiger charge is -2.19. The van der Waals surface area contributed by atoms with E-state index in [1.54, 1.807) is 13.0 Å². The summed E-state index contributed by atoms with van der Waals surface area (Å²) in [7, 11) is 1.41. The number of nitrogens with two attached hydrogens (primary N) is 3. The Kier molecular flexibility index (Phi) is 14.2. The molecule has 45 heavy (non-hydrogen) atoms. The Hall–Kier alpha value is -4.21. The van der Waals surface area contributed by atoms with Gasteiger partial charge in [-0.05, 0) is 30.2 Å². The highest BCUT2D eigenvalue weighted by atomic mass is 19.1. The standard InChI is InChI=1S/C27H32FN7O6.2C2H6/c1-14-3-16-18(8-34(31)7-15(30)11-41-13-32-25(38)6-29)19-9-35-23(26(19)33-22(16)5-21(14)28)4-17(24(37)10-36)20(12-40-2)27(35)39;2*1-2/h3-5,7,10,24,37H,6,8-9,11-13,29-31H2,1-2H3,(H,32,38);2*1-2H3/b15-7-;;. The highest BCUT2D eigenvalue weighted by Crippen LogP contribution is 2.37. The Morgan fingerprint density at radius 2 is 1.93 bits per heavy atom. The van der Waals surface area contributed by atoms with Crippen LogP contribution in [0.25, 0.3) is 22.3 Å². The maximum absolute atomic E-state index is 14.6. The average Bonchev–Trinajstić information content (AvgIpc) is 3.41. The van der Waals surface area contributed by atoms with E-state index in [2.05, 4.69) is 10.3 Å². The molecule has 3 aromatic rings. The highest BCUT2D eigenvalue weighted by molar-refractivity contribution is 5.88. The van der Waals surface area contributed by atoms with E-state index in [-0.39, 0.29) is 62.3 Å². The maximum atomic E-state index is 14.6. The van der Waals surface area contributed by atoms with Crippen molar-refractivity contribution in [3.05, 3.63) is 74.1 Å². The number of halogens is 1. The van der Waals surface area contributed by atoms with E-state index < -0.39 is 17.5 Å². The predicted molar refractivity (Wildman–Crippen MR) is 170 cm³/mol. The summed E-state index contributed by atoms with van der Waals surface area (Å²) in [4.78, 5) is 40.8. The number of amides is 1. The first kappa shape index (κ1) is 37.0. The fourth-order valence-electron chi connectivity index (χ4n) is 4.76. The van der Waals surface area contributed by atoms with Crippen molar-refractivity contribution in [1.82, 2.24) is 19.9 Å². The van der Waals surface area contributed by atoms with Gasteiger partial charge in [0.2, 0.25) is 5.91 Å². The molecule has 0 aliphatic carbocycles. The second-order valence-electron chi connectivity index (χ2n) is 9.58. The number of methoxy groups -OCH3 is 1. The number of aldehydes is 1. The zero-order chi connectivity index (χ0) is 33.8. The second kappa shape index (κ2) is 17.3. The molecule has 1 amide bonds. The number of hydrazine groups is 1. The Labute approximate surface area is 261 Å². The molecule has 0 bridgehead atoms. The molecule has 4 rings (SSSR count). The first-order valence-electron chi connectivity index (χ1n) is 14.6. The predicted octanol–water partition coefficient (Wildman–Crippen LogP) is 1.83. The molecule has 1 aliphatic rings. The molecule has 1 unspecified atom stereocenters. The first-order valence-corrected chi connectivity index (χ1v) is 14.6. The molecule has 0 saturated heterocycles. The molecule has 3 heterocycles. The number of hydrogen-bond acceptors (Lipinski definition) is 11. The van der Waals surface area contributed by atoms with Gasteiger partial charge in [0.05, 0.1) is 55.4 Å². The zero-order valence-corrected chi connectivity index (χ0v) is 26.6. The summed E-state index contributed by atoms with van der Waals surface area (Å²) in [5.74, 6) is 5.47. The summed E-state index contributed by atoms with van der Waals surface area (Å²) in [6.07, 6.45) is 0.252. The molecule has 14 heteroatoms. The van der Waals surface area contributed by atoms with E-state index in [9.17, 15) is 23.9 Å². The molecule has 0 fully saturated rings. The van der Waals surface area contributed by atoms with Gasteiger partial charge in [0.25, 0.3) is 5.56 Å². The monoisotopic (exact) mass is 629 g/mol. The van der Waals surface area contributed by atoms with Crippen LogP contribution < -0.4 is 28.2 Å². The number of pyridine rings is 2. The Morgan fingerprint density at radius 3 is 2.56 bits per heavy atom. The summed E-state index contributed by atoms with van der Waals surface area (Å²) in [6, 6.07) is 4.51. The molecule has 0 spiro atoms. The minimum Gasteiger partial charge on any atom is -0.399 e. The average molecular weight is 630 g/mol. The molecular formula is C31H44FN7O6. The van der Waals surface area contributed by atoms with Crippen molar-refractivity contribution >= 4 is 23.1 Å². The highest BCUT2D eigenvalue weighted by Gasteiger charge is 2.30. The van der Waals surface area contributed by atoms with Crippen LogP contribution in [0.1, 0.15) is 61.6 Å². The largest absolute Gasteiger partial charge is 0.399 e. The fraction of sp³-hybridized carbons (Fsp3) is 0.419. The number of nitrogens with one attached hydrogen (secondary N) is 1. The summed E-state index contributed by atoms with van der Waals surface area (Å²) in [5.41, 5.74) is 14.2. The van der Waals surface area contributed by atoms with Gasteiger partial charge in [-0.3, -0.25) is 9.59 Å². The smallest absolute Gasteiger partial charge is 0.257 e. The molecule has 0 radical (unpaired) electrons. The number of aliphatic hydroxyl groups excluding tert-OH is 1. The number of carbonyl (C=O) groups is 2. The maximum Gasteiger partial charge on any atom is 0.257 e. The van der Waals surface area contributed by atoms with Crippen molar-refractivity contribution in [3.8, 4) is 11.4 Å². The second-order valence-corrected chi connectivity index (χ2v) is 9.58. The van der Waals surface area contributed by atoms with E-state index in [0.29, 0.717) is 45.3 Å². The number of nitrogens with zero attached hydrogens (tertiary/aromatic N) is 3. The minimum absolute atomic E-state index is 0.0248. The van der Waals surface area contributed by atoms with Crippen molar-refractivity contribution in [2.24, 2.45) is 17.3 Å². The van der Waals surface area contributed by atoms with Crippen LogP contribution in [0.2, 0.25) is 0 Å². The van der Waals surface area contributed by atoms with Crippen LogP contribution in [-0.2, 0) is 38.8 Å². The molecule has 13 nitrogen and oxygen atoms in total. The van der Waals surface area contributed by atoms with Crippen LogP contribution in [0.4, 0.5) is 4.39 Å². The number of aromatic nitrogens is 2. The lowest BCUT2D eigenvalue weighted by Crippen LogP contribution is -2.33. The van der Waals surface area contributed by atoms with Crippen LogP contribution in [0.5, 0.6) is 0 Å². The number of benzene rings is 1. The topological polar surface area (TPSA) is 201 Å². The number of aryl methyl sites for hydroxylation is 1. The summed E-state index contributed by atoms with van der Waals surface area (Å²) in [6.45, 7) is 9.48. The number of fused-ring (bicyclic) bond motifs is 4. The molecule has 8 N–H and O–H groups in total. The third-order valence-corrected chi connectivity index (χ3v) is 6.71. The van der Waals surface area contributed by atoms with Crippen LogP contribution in [0.15, 0.2) is 34.9 Å². The molecule has 0 saturated carbocycles. The lowest BCUT2D eigenvalue weighted by molar-refractivity contribution is -0.121. The third-order valence-electron chi connectivity index (χ3n) is 6.71. The van der Waals surface area contributed by atoms with E-state index in [0.717, 1.165) is 0 Å². The van der Waals surface area contributed by atoms with Crippen LogP contribution >= 0.6 is 0 Å². The molecule has 1 aliphatic heterocycles. The van der Waals surface area contributed by atoms with Gasteiger partial charge < -0.3 is 45.7 Å². The summed E-state index contributed by atoms with van der Waals surface area (Å²) < 4.78 is 26.6. The van der Waals surface area contributed by atoms with Gasteiger partial charge in [-0.15, -0.1) is 0 Å². The lowest BCUT2D eigenvalue weighted by atomic mass is 9.98. The van der Waals surface area contributed by atoms with E-state index >= 15 is 0 Å². The number of rotatable bonds is 12. The molecule has 1 aromatic carbocycles. The zero-order valence-electron chi connectivity index (χ0n) is 26.6. The van der Waals surface area contributed by atoms with Gasteiger partial charge in [-0.2, -0.15) is 0 Å². The third kappa shape index (κ3) is 8.49. The summed E-state index contributed by atoms with van der Waals surface area (Å²) >= 11 is 0. The fourth-order valence-corrected chi connectivity index (χ4v) is 4.76. The molecule has 2 aromatic heterocycles. The first-order chi connectivity index (χ1) is 21.6. The van der Waals surface area contributed by atoms with E-state index in [1.165, 1.54) is 35.0 Å². The van der Waals surface area contributed by atoms with Gasteiger partial charge in [-0.1, -0.05) is 27.7 Å². The Bertz CT molecular complexity index is 1590. The number of hydrogen-bond donors (Lipinski definition) is 5. The van der Waals surface area contributed by atoms with Crippen molar-refractivity contribution in [2.75, 3.05) is 27.0 Å².